The lowest BCUT2D eigenvalue weighted by molar-refractivity contribution is -0.134. The van der Waals surface area contributed by atoms with E-state index < -0.39 is 34.8 Å². The molecule has 5 nitrogen and oxygen atoms in total. The quantitative estimate of drug-likeness (QED) is 0.565. The first-order chi connectivity index (χ1) is 9.68. The number of nitrogens with one attached hydrogen (secondary N) is 1. The van der Waals surface area contributed by atoms with E-state index in [2.05, 4.69) is 4.72 Å². The van der Waals surface area contributed by atoms with Crippen molar-refractivity contribution in [2.75, 3.05) is 24.6 Å². The number of nitrogens with two attached hydrogens (primary N) is 1. The summed E-state index contributed by atoms with van der Waals surface area (Å²) in [6, 6.07) is 6.61. The summed E-state index contributed by atoms with van der Waals surface area (Å²) in [7, 11) is -3.72. The van der Waals surface area contributed by atoms with Gasteiger partial charge in [-0.25, -0.2) is 13.1 Å². The molecule has 0 aliphatic heterocycles. The van der Waals surface area contributed by atoms with E-state index in [1.54, 1.807) is 24.3 Å². The molecule has 0 fully saturated rings. The van der Waals surface area contributed by atoms with Crippen LogP contribution in [-0.4, -0.2) is 33.5 Å². The van der Waals surface area contributed by atoms with Gasteiger partial charge in [-0.2, -0.15) is 13.2 Å². The highest BCUT2D eigenvalue weighted by molar-refractivity contribution is 7.89. The number of sulfonamides is 1. The number of anilines is 1. The van der Waals surface area contributed by atoms with Gasteiger partial charge in [0.15, 0.2) is 0 Å². The van der Waals surface area contributed by atoms with Crippen LogP contribution in [0, 0.1) is 0 Å². The Morgan fingerprint density at radius 1 is 1.29 bits per heavy atom. The molecule has 120 valence electrons. The molecule has 0 spiro atoms. The number of benzene rings is 1. The van der Waals surface area contributed by atoms with Crippen molar-refractivity contribution in [1.82, 2.24) is 4.72 Å². The average Bonchev–Trinajstić information content (AvgIpc) is 2.33. The Kier molecular flexibility index (Phi) is 6.28. The van der Waals surface area contributed by atoms with E-state index >= 15 is 0 Å². The Morgan fingerprint density at radius 3 is 2.62 bits per heavy atom. The molecule has 0 bridgehead atoms. The van der Waals surface area contributed by atoms with Crippen LogP contribution in [0.4, 0.5) is 18.9 Å². The minimum atomic E-state index is -4.34. The van der Waals surface area contributed by atoms with Crippen LogP contribution >= 0.6 is 0 Å². The molecule has 0 amide bonds. The van der Waals surface area contributed by atoms with E-state index in [9.17, 15) is 21.6 Å². The molecule has 0 atom stereocenters. The van der Waals surface area contributed by atoms with E-state index in [1.807, 2.05) is 0 Å². The maximum absolute atomic E-state index is 11.9. The third kappa shape index (κ3) is 8.41. The Bertz CT molecular complexity index is 547. The smallest absolute Gasteiger partial charge is 0.389 e. The van der Waals surface area contributed by atoms with Gasteiger partial charge < -0.3 is 10.5 Å². The molecule has 1 rings (SSSR count). The van der Waals surface area contributed by atoms with Gasteiger partial charge in [0.05, 0.1) is 5.75 Å². The summed E-state index contributed by atoms with van der Waals surface area (Å²) >= 11 is 0. The highest BCUT2D eigenvalue weighted by Crippen LogP contribution is 2.21. The Morgan fingerprint density at radius 2 is 2.00 bits per heavy atom. The fourth-order valence-corrected chi connectivity index (χ4v) is 2.57. The summed E-state index contributed by atoms with van der Waals surface area (Å²) < 4.78 is 66.0. The highest BCUT2D eigenvalue weighted by Gasteiger charge is 2.27. The average molecular weight is 326 g/mol. The van der Waals surface area contributed by atoms with Gasteiger partial charge in [-0.1, -0.05) is 6.07 Å². The molecule has 0 unspecified atom stereocenters. The van der Waals surface area contributed by atoms with Gasteiger partial charge >= 0.3 is 6.18 Å². The van der Waals surface area contributed by atoms with E-state index in [-0.39, 0.29) is 13.2 Å². The normalized spacial score (nSPS) is 12.3. The van der Waals surface area contributed by atoms with Gasteiger partial charge in [-0.3, -0.25) is 0 Å². The molecule has 1 aromatic rings. The van der Waals surface area contributed by atoms with Crippen molar-refractivity contribution >= 4 is 15.7 Å². The summed E-state index contributed by atoms with van der Waals surface area (Å²) in [4.78, 5) is 0. The Hall–Kier alpha value is -1.48. The monoisotopic (exact) mass is 326 g/mol. The zero-order valence-electron chi connectivity index (χ0n) is 11.2. The molecular weight excluding hydrogens is 309 g/mol. The summed E-state index contributed by atoms with van der Waals surface area (Å²) in [6.07, 6.45) is -5.92. The van der Waals surface area contributed by atoms with Gasteiger partial charge in [0, 0.05) is 24.7 Å². The van der Waals surface area contributed by atoms with Crippen molar-refractivity contribution in [2.45, 2.75) is 19.0 Å². The SMILES string of the molecule is Nc1cccc(OCCNS(=O)(=O)CCCC(F)(F)F)c1. The van der Waals surface area contributed by atoms with Crippen molar-refractivity contribution in [2.24, 2.45) is 0 Å². The van der Waals surface area contributed by atoms with Crippen LogP contribution in [0.5, 0.6) is 5.75 Å². The molecule has 0 radical (unpaired) electrons. The van der Waals surface area contributed by atoms with Crippen LogP contribution in [0.25, 0.3) is 0 Å². The highest BCUT2D eigenvalue weighted by atomic mass is 32.2. The second kappa shape index (κ2) is 7.51. The zero-order valence-corrected chi connectivity index (χ0v) is 12.0. The van der Waals surface area contributed by atoms with Crippen LogP contribution in [0.1, 0.15) is 12.8 Å². The van der Waals surface area contributed by atoms with Crippen LogP contribution < -0.4 is 15.2 Å². The third-order valence-corrected chi connectivity index (χ3v) is 3.89. The molecule has 0 aliphatic carbocycles. The maximum Gasteiger partial charge on any atom is 0.389 e. The number of alkyl halides is 3. The van der Waals surface area contributed by atoms with Gasteiger partial charge in [-0.05, 0) is 18.6 Å². The largest absolute Gasteiger partial charge is 0.492 e. The van der Waals surface area contributed by atoms with Crippen molar-refractivity contribution in [3.05, 3.63) is 24.3 Å². The summed E-state index contributed by atoms with van der Waals surface area (Å²) in [5.41, 5.74) is 6.05. The second-order valence-electron chi connectivity index (χ2n) is 4.35. The summed E-state index contributed by atoms with van der Waals surface area (Å²) in [6.45, 7) is 0.0328. The zero-order chi connectivity index (χ0) is 15.9. The van der Waals surface area contributed by atoms with Crippen LogP contribution in [0.15, 0.2) is 24.3 Å². The third-order valence-electron chi connectivity index (χ3n) is 2.42. The van der Waals surface area contributed by atoms with E-state index in [4.69, 9.17) is 10.5 Å². The number of nitrogen functional groups attached to an aromatic ring is 1. The number of hydrogen-bond acceptors (Lipinski definition) is 4. The first-order valence-electron chi connectivity index (χ1n) is 6.20. The van der Waals surface area contributed by atoms with Gasteiger partial charge in [0.2, 0.25) is 10.0 Å². The fourth-order valence-electron chi connectivity index (χ4n) is 1.51. The first-order valence-corrected chi connectivity index (χ1v) is 7.86. The summed E-state index contributed by atoms with van der Waals surface area (Å²) in [5.74, 6) is -0.0728. The molecule has 3 N–H and O–H groups in total. The van der Waals surface area contributed by atoms with Crippen molar-refractivity contribution in [3.63, 3.8) is 0 Å². The predicted molar refractivity (Wildman–Crippen MR) is 73.4 cm³/mol. The lowest BCUT2D eigenvalue weighted by atomic mass is 10.3. The molecule has 0 heterocycles. The number of rotatable bonds is 8. The van der Waals surface area contributed by atoms with E-state index in [0.717, 1.165) is 0 Å². The lowest BCUT2D eigenvalue weighted by Crippen LogP contribution is -2.30. The van der Waals surface area contributed by atoms with Gasteiger partial charge in [0.1, 0.15) is 12.4 Å². The second-order valence-corrected chi connectivity index (χ2v) is 6.28. The molecule has 9 heteroatoms. The Balaban J connectivity index is 2.24. The molecule has 0 aliphatic rings. The minimum Gasteiger partial charge on any atom is -0.492 e. The predicted octanol–water partition coefficient (Wildman–Crippen LogP) is 1.91. The fraction of sp³-hybridized carbons (Fsp3) is 0.500. The molecule has 0 saturated heterocycles. The topological polar surface area (TPSA) is 81.4 Å². The van der Waals surface area contributed by atoms with E-state index in [0.29, 0.717) is 11.4 Å². The lowest BCUT2D eigenvalue weighted by Gasteiger charge is -2.09. The molecule has 0 saturated carbocycles. The summed E-state index contributed by atoms with van der Waals surface area (Å²) in [5, 5.41) is 0. The van der Waals surface area contributed by atoms with Crippen LogP contribution in [0.3, 0.4) is 0 Å². The number of halogens is 3. The maximum atomic E-state index is 11.9. The Labute approximate surface area is 121 Å². The van der Waals surface area contributed by atoms with Crippen molar-refractivity contribution < 1.29 is 26.3 Å². The standard InChI is InChI=1S/C12H17F3N2O3S/c13-12(14,15)5-2-8-21(18,19)17-6-7-20-11-4-1-3-10(16)9-11/h1,3-4,9,17H,2,5-8,16H2. The van der Waals surface area contributed by atoms with E-state index in [1.165, 1.54) is 0 Å². The minimum absolute atomic E-state index is 0.0247. The van der Waals surface area contributed by atoms with Crippen molar-refractivity contribution in [1.29, 1.82) is 0 Å². The number of hydrogen-bond donors (Lipinski definition) is 2. The molecule has 21 heavy (non-hydrogen) atoms. The molecular formula is C12H17F3N2O3S. The first kappa shape index (κ1) is 17.6. The van der Waals surface area contributed by atoms with Gasteiger partial charge in [-0.15, -0.1) is 0 Å². The molecule has 1 aromatic carbocycles. The van der Waals surface area contributed by atoms with Crippen LogP contribution in [-0.2, 0) is 10.0 Å². The van der Waals surface area contributed by atoms with Crippen LogP contribution in [0.2, 0.25) is 0 Å². The van der Waals surface area contributed by atoms with Gasteiger partial charge in [0.25, 0.3) is 0 Å². The number of ether oxygens (including phenoxy) is 1. The molecule has 0 aromatic heterocycles. The van der Waals surface area contributed by atoms with Crippen molar-refractivity contribution in [3.8, 4) is 5.75 Å².